The van der Waals surface area contributed by atoms with E-state index in [1.807, 2.05) is 40.7 Å². The molecule has 0 aromatic rings. The van der Waals surface area contributed by atoms with Crippen molar-refractivity contribution in [1.29, 1.82) is 0 Å². The number of carboxylic acids is 3. The molecule has 11 N–H and O–H groups in total. The largest absolute Gasteiger partial charge is 0.480 e. The van der Waals surface area contributed by atoms with Crippen molar-refractivity contribution in [3.63, 3.8) is 0 Å². The number of aliphatic hydroxyl groups excluding tert-OH is 5. The summed E-state index contributed by atoms with van der Waals surface area (Å²) >= 11 is 0. The van der Waals surface area contributed by atoms with Gasteiger partial charge in [-0.25, -0.2) is 14.4 Å². The quantitative estimate of drug-likeness (QED) is 0.0819. The summed E-state index contributed by atoms with van der Waals surface area (Å²) < 4.78 is 25.0. The lowest BCUT2D eigenvalue weighted by Crippen LogP contribution is -2.69. The molecule has 2 aliphatic heterocycles. The number of carboxylic acid groups (broad SMARTS) is 3. The maximum atomic E-state index is 15.4. The number of fused-ring (bicyclic) bond motifs is 7. The van der Waals surface area contributed by atoms with Crippen LogP contribution in [0.1, 0.15) is 167 Å². The fourth-order valence-corrected chi connectivity index (χ4v) is 16.3. The molecule has 0 aromatic carbocycles. The standard InChI is InChI=1S/C60H95N3O19/c1-27(2)22-32(49(72)73)61-47(70)43-39(66)38(65)42(69)52(80-43)82-45-41(68)40(67)44(48(71)62-33(50(74)75)23-28(3)4)81-53(45)79-37-15-16-58(11)36(55(37,7)8)14-17-60(13)46(58)35(64)25-30-31-26-57(10,19-18-56(31,9)20-21-59(30,60)12)54(78)63-34(51(76)77)24-29(5)6/h25,27-29,31-34,36-46,52-53,65-69H,14-24,26H2,1-13H3,(H,61,70)(H,62,71)(H,63,78)(H,72,73)(H,74,75)(H,76,77)/t31?,32?,33?,34?,36?,37?,38-,39-,40-,41-,42+,43-,44-,45+,46?,52-,53+,56+,57-,58-,59+,60+/m0/s1. The number of hydrogen-bond donors (Lipinski definition) is 11. The number of aliphatic carboxylic acids is 3. The van der Waals surface area contributed by atoms with Crippen LogP contribution in [0.2, 0.25) is 0 Å². The van der Waals surface area contributed by atoms with Crippen molar-refractivity contribution in [1.82, 2.24) is 16.0 Å². The first-order valence-electron chi connectivity index (χ1n) is 29.8. The van der Waals surface area contributed by atoms with Crippen LogP contribution in [0.3, 0.4) is 0 Å². The highest BCUT2D eigenvalue weighted by molar-refractivity contribution is 5.96. The van der Waals surface area contributed by atoms with Gasteiger partial charge >= 0.3 is 17.9 Å². The van der Waals surface area contributed by atoms with Gasteiger partial charge in [0.25, 0.3) is 11.8 Å². The minimum atomic E-state index is -2.13. The summed E-state index contributed by atoms with van der Waals surface area (Å²) in [6, 6.07) is -3.87. The van der Waals surface area contributed by atoms with Gasteiger partial charge in [0.15, 0.2) is 30.6 Å². The summed E-state index contributed by atoms with van der Waals surface area (Å²) in [6.07, 6.45) is -13.4. The van der Waals surface area contributed by atoms with Gasteiger partial charge < -0.3 is 75.8 Å². The number of nitrogens with one attached hydrogen (secondary N) is 3. The summed E-state index contributed by atoms with van der Waals surface area (Å²) in [6.45, 7) is 25.7. The van der Waals surface area contributed by atoms with Crippen LogP contribution in [0.15, 0.2) is 11.6 Å². The van der Waals surface area contributed by atoms with E-state index in [-0.39, 0.29) is 59.5 Å². The molecule has 82 heavy (non-hydrogen) atoms. The zero-order valence-electron chi connectivity index (χ0n) is 50.2. The van der Waals surface area contributed by atoms with Gasteiger partial charge in [-0.1, -0.05) is 95.6 Å². The van der Waals surface area contributed by atoms with E-state index in [0.717, 1.165) is 24.8 Å². The molecule has 6 fully saturated rings. The molecule has 2 heterocycles. The fourth-order valence-electron chi connectivity index (χ4n) is 16.3. The summed E-state index contributed by atoms with van der Waals surface area (Å²) in [4.78, 5) is 93.9. The van der Waals surface area contributed by atoms with Gasteiger partial charge in [-0.05, 0) is 140 Å². The van der Waals surface area contributed by atoms with E-state index < -0.39 is 148 Å². The Morgan fingerprint density at radius 1 is 0.598 bits per heavy atom. The predicted octanol–water partition coefficient (Wildman–Crippen LogP) is 3.84. The summed E-state index contributed by atoms with van der Waals surface area (Å²) in [5, 5.41) is 94.5. The second-order valence-electron chi connectivity index (χ2n) is 28.7. The van der Waals surface area contributed by atoms with Crippen molar-refractivity contribution in [3.8, 4) is 0 Å². The van der Waals surface area contributed by atoms with Gasteiger partial charge in [-0.3, -0.25) is 19.2 Å². The zero-order valence-corrected chi connectivity index (χ0v) is 50.2. The van der Waals surface area contributed by atoms with Gasteiger partial charge in [0.05, 0.1) is 6.10 Å². The number of hydrogen-bond acceptors (Lipinski definition) is 16. The summed E-state index contributed by atoms with van der Waals surface area (Å²) in [5.74, 6) is -7.43. The van der Waals surface area contributed by atoms with E-state index in [4.69, 9.17) is 18.9 Å². The van der Waals surface area contributed by atoms with Gasteiger partial charge in [0, 0.05) is 11.3 Å². The van der Waals surface area contributed by atoms with E-state index in [1.165, 1.54) is 0 Å². The molecule has 2 saturated heterocycles. The minimum absolute atomic E-state index is 0.00513. The lowest BCUT2D eigenvalue weighted by molar-refractivity contribution is -0.369. The first-order chi connectivity index (χ1) is 37.9. The molecule has 7 unspecified atom stereocenters. The summed E-state index contributed by atoms with van der Waals surface area (Å²) in [5.41, 5.74) is -2.40. The number of amides is 3. The number of aliphatic hydroxyl groups is 5. The van der Waals surface area contributed by atoms with Crippen LogP contribution in [0, 0.1) is 68.0 Å². The molecule has 0 aromatic heterocycles. The van der Waals surface area contributed by atoms with E-state index in [0.29, 0.717) is 44.9 Å². The third-order valence-corrected chi connectivity index (χ3v) is 21.2. The molecule has 7 aliphatic rings. The van der Waals surface area contributed by atoms with Gasteiger partial charge in [-0.2, -0.15) is 0 Å². The summed E-state index contributed by atoms with van der Waals surface area (Å²) in [7, 11) is 0. The Labute approximate surface area is 481 Å². The highest BCUT2D eigenvalue weighted by atomic mass is 16.8. The third-order valence-electron chi connectivity index (χ3n) is 21.2. The lowest BCUT2D eigenvalue weighted by atomic mass is 9.33. The van der Waals surface area contributed by atoms with Crippen molar-refractivity contribution < 1.29 is 93.4 Å². The molecule has 3 amide bonds. The topological polar surface area (TPSA) is 354 Å². The average molecular weight is 1160 g/mol. The van der Waals surface area contributed by atoms with Crippen molar-refractivity contribution >= 4 is 41.4 Å². The van der Waals surface area contributed by atoms with E-state index in [1.54, 1.807) is 27.7 Å². The van der Waals surface area contributed by atoms with Gasteiger partial charge in [0.1, 0.15) is 54.7 Å². The average Bonchev–Trinajstić information content (AvgIpc) is 2.80. The Bertz CT molecular complexity index is 2470. The monoisotopic (exact) mass is 1160 g/mol. The lowest BCUT2D eigenvalue weighted by Gasteiger charge is -2.70. The molecule has 5 aliphatic carbocycles. The Balaban J connectivity index is 1.18. The van der Waals surface area contributed by atoms with Crippen LogP contribution in [-0.2, 0) is 52.5 Å². The van der Waals surface area contributed by atoms with E-state index in [2.05, 4.69) is 43.6 Å². The molecular weight excluding hydrogens is 1070 g/mol. The van der Waals surface area contributed by atoms with Crippen LogP contribution in [0.5, 0.6) is 0 Å². The van der Waals surface area contributed by atoms with Crippen molar-refractivity contribution in [2.75, 3.05) is 0 Å². The highest BCUT2D eigenvalue weighted by Gasteiger charge is 2.71. The number of rotatable bonds is 19. The molecule has 22 atom stereocenters. The van der Waals surface area contributed by atoms with E-state index in [9.17, 15) is 69.6 Å². The molecule has 7 rings (SSSR count). The predicted molar refractivity (Wildman–Crippen MR) is 294 cm³/mol. The van der Waals surface area contributed by atoms with Crippen LogP contribution >= 0.6 is 0 Å². The second-order valence-corrected chi connectivity index (χ2v) is 28.7. The van der Waals surface area contributed by atoms with Crippen LogP contribution < -0.4 is 16.0 Å². The number of ketones is 1. The van der Waals surface area contributed by atoms with E-state index >= 15 is 4.79 Å². The number of carbonyl (C=O) groups excluding carboxylic acids is 4. The Hall–Kier alpha value is -4.13. The normalized spacial score (nSPS) is 41.8. The molecule has 4 saturated carbocycles. The number of ether oxygens (including phenoxy) is 4. The molecular formula is C60H95N3O19. The fraction of sp³-hybridized carbons (Fsp3) is 0.850. The van der Waals surface area contributed by atoms with Gasteiger partial charge in [0.2, 0.25) is 5.91 Å². The van der Waals surface area contributed by atoms with Crippen molar-refractivity contribution in [3.05, 3.63) is 11.6 Å². The zero-order chi connectivity index (χ0) is 61.3. The number of allylic oxidation sites excluding steroid dienone is 2. The van der Waals surface area contributed by atoms with Crippen LogP contribution in [0.25, 0.3) is 0 Å². The molecule has 0 spiro atoms. The molecule has 0 bridgehead atoms. The Morgan fingerprint density at radius 2 is 1.09 bits per heavy atom. The highest BCUT2D eigenvalue weighted by Crippen LogP contribution is 2.75. The van der Waals surface area contributed by atoms with Gasteiger partial charge in [-0.15, -0.1) is 0 Å². The van der Waals surface area contributed by atoms with Crippen molar-refractivity contribution in [2.24, 2.45) is 68.0 Å². The maximum Gasteiger partial charge on any atom is 0.326 e. The Kier molecular flexibility index (Phi) is 19.1. The molecule has 464 valence electrons. The molecule has 22 nitrogen and oxygen atoms in total. The molecule has 0 radical (unpaired) electrons. The first kappa shape index (κ1) is 65.4. The second kappa shape index (κ2) is 24.0. The maximum absolute atomic E-state index is 15.4. The first-order valence-corrected chi connectivity index (χ1v) is 29.8. The smallest absolute Gasteiger partial charge is 0.326 e. The SMILES string of the molecule is CC(C)CC(NC(=O)[C@H]1O[C@@H](O[C@H]2[C@H](OC3CC[C@@]4(C)C(CC[C@]5(C)C4C(=O)C=C4C6C[C@@](C)(C(=O)NC(CC(C)C)C(=O)O)CC[C@]6(C)CC[C@]45C)C3(C)C)O[C@H](C(=O)NC(CC(C)C)C(=O)O)[C@@H](O)[C@@H]2O)[C@H](O)[C@@H](O)[C@@H]1O)C(=O)O. The third kappa shape index (κ3) is 12.0. The molecule has 22 heteroatoms. The minimum Gasteiger partial charge on any atom is -0.480 e. The van der Waals surface area contributed by atoms with Crippen LogP contribution in [0.4, 0.5) is 0 Å². The van der Waals surface area contributed by atoms with Crippen molar-refractivity contribution in [2.45, 2.75) is 253 Å². The van der Waals surface area contributed by atoms with Crippen LogP contribution in [-0.4, -0.2) is 168 Å². The number of carbonyl (C=O) groups is 7. The Morgan fingerprint density at radius 3 is 1.60 bits per heavy atom.